The number of alkyl halides is 2. The number of hydrogen-bond donors (Lipinski definition) is 3. The molecule has 2 atom stereocenters. The predicted octanol–water partition coefficient (Wildman–Crippen LogP) is 5.12. The van der Waals surface area contributed by atoms with Gasteiger partial charge < -0.3 is 20.7 Å². The summed E-state index contributed by atoms with van der Waals surface area (Å²) >= 11 is 17.9. The average molecular weight is 533 g/mol. The van der Waals surface area contributed by atoms with Gasteiger partial charge in [-0.1, -0.05) is 11.6 Å². The van der Waals surface area contributed by atoms with Gasteiger partial charge in [-0.2, -0.15) is 0 Å². The summed E-state index contributed by atoms with van der Waals surface area (Å²) in [6.45, 7) is 0.388. The molecule has 180 valence electrons. The molecule has 2 aromatic rings. The Morgan fingerprint density at radius 2 is 1.76 bits per heavy atom. The van der Waals surface area contributed by atoms with E-state index in [0.29, 0.717) is 25.9 Å². The van der Waals surface area contributed by atoms with Crippen molar-refractivity contribution >= 4 is 69.6 Å². The van der Waals surface area contributed by atoms with Crippen molar-refractivity contribution in [2.24, 2.45) is 5.92 Å². The normalized spacial score (nSPS) is 20.5. The Morgan fingerprint density at radius 3 is 2.41 bits per heavy atom. The maximum absolute atomic E-state index is 15.0. The molecule has 1 saturated heterocycles. The van der Waals surface area contributed by atoms with Crippen LogP contribution in [0.2, 0.25) is 5.02 Å². The number of nitrogens with one attached hydrogen (secondary N) is 3. The van der Waals surface area contributed by atoms with Gasteiger partial charge in [0.1, 0.15) is 21.9 Å². The Balaban J connectivity index is 1.50. The molecule has 12 heteroatoms. The molecule has 7 nitrogen and oxygen atoms in total. The van der Waals surface area contributed by atoms with E-state index in [1.807, 2.05) is 0 Å². The molecular formula is C22H18Cl3F2N3O4. The molecule has 34 heavy (non-hydrogen) atoms. The lowest BCUT2D eigenvalue weighted by Gasteiger charge is -2.15. The molecule has 2 aromatic carbocycles. The van der Waals surface area contributed by atoms with E-state index in [1.54, 1.807) is 0 Å². The predicted molar refractivity (Wildman–Crippen MR) is 125 cm³/mol. The van der Waals surface area contributed by atoms with Gasteiger partial charge in [-0.25, -0.2) is 8.78 Å². The van der Waals surface area contributed by atoms with E-state index in [9.17, 15) is 23.2 Å². The lowest BCUT2D eigenvalue weighted by molar-refractivity contribution is -0.124. The van der Waals surface area contributed by atoms with Gasteiger partial charge in [-0.3, -0.25) is 14.4 Å². The zero-order valence-corrected chi connectivity index (χ0v) is 19.7. The molecule has 0 aromatic heterocycles. The van der Waals surface area contributed by atoms with Crippen LogP contribution in [0.5, 0.6) is 0 Å². The van der Waals surface area contributed by atoms with Gasteiger partial charge in [0.05, 0.1) is 22.2 Å². The fourth-order valence-electron chi connectivity index (χ4n) is 3.45. The van der Waals surface area contributed by atoms with E-state index in [1.165, 1.54) is 18.2 Å². The Hall–Kier alpha value is -2.46. The first-order valence-electron chi connectivity index (χ1n) is 10.3. The van der Waals surface area contributed by atoms with Crippen LogP contribution in [-0.4, -0.2) is 34.8 Å². The number of benzene rings is 2. The maximum atomic E-state index is 15.0. The summed E-state index contributed by atoms with van der Waals surface area (Å²) in [5.74, 6) is -4.69. The van der Waals surface area contributed by atoms with Crippen LogP contribution in [0.4, 0.5) is 25.8 Å². The zero-order chi connectivity index (χ0) is 24.6. The SMILES string of the molecule is O=C(Nc1ccc(F)c(NC(=O)C2CCCO2)c1F)c1cc(NC(=O)C2CC2(Cl)Cl)ccc1Cl. The Bertz CT molecular complexity index is 1170. The molecule has 2 unspecified atom stereocenters. The highest BCUT2D eigenvalue weighted by atomic mass is 35.5. The number of amides is 3. The van der Waals surface area contributed by atoms with Gasteiger partial charge in [0.2, 0.25) is 5.91 Å². The lowest BCUT2D eigenvalue weighted by atomic mass is 10.1. The maximum Gasteiger partial charge on any atom is 0.257 e. The third-order valence-electron chi connectivity index (χ3n) is 5.43. The second kappa shape index (κ2) is 9.65. The highest BCUT2D eigenvalue weighted by molar-refractivity contribution is 6.52. The first-order valence-corrected chi connectivity index (χ1v) is 11.4. The molecule has 4 rings (SSSR count). The van der Waals surface area contributed by atoms with Crippen molar-refractivity contribution in [1.82, 2.24) is 0 Å². The van der Waals surface area contributed by atoms with Crippen molar-refractivity contribution in [3.05, 3.63) is 52.6 Å². The summed E-state index contributed by atoms with van der Waals surface area (Å²) in [6, 6.07) is 6.06. The number of carbonyl (C=O) groups is 3. The molecule has 2 fully saturated rings. The van der Waals surface area contributed by atoms with Gasteiger partial charge in [-0.05, 0) is 49.6 Å². The minimum absolute atomic E-state index is 0.0281. The van der Waals surface area contributed by atoms with Crippen LogP contribution in [0.3, 0.4) is 0 Å². The van der Waals surface area contributed by atoms with Crippen LogP contribution in [0.25, 0.3) is 0 Å². The number of anilines is 3. The average Bonchev–Trinajstić information content (AvgIpc) is 3.16. The van der Waals surface area contributed by atoms with Gasteiger partial charge in [-0.15, -0.1) is 23.2 Å². The van der Waals surface area contributed by atoms with Crippen molar-refractivity contribution in [1.29, 1.82) is 0 Å². The largest absolute Gasteiger partial charge is 0.368 e. The smallest absolute Gasteiger partial charge is 0.257 e. The summed E-state index contributed by atoms with van der Waals surface area (Å²) in [4.78, 5) is 37.2. The fourth-order valence-corrected chi connectivity index (χ4v) is 4.16. The van der Waals surface area contributed by atoms with Crippen LogP contribution < -0.4 is 16.0 Å². The summed E-state index contributed by atoms with van der Waals surface area (Å²) in [7, 11) is 0. The second-order valence-corrected chi connectivity index (χ2v) is 9.88. The van der Waals surface area contributed by atoms with Crippen molar-refractivity contribution in [2.45, 2.75) is 29.7 Å². The Morgan fingerprint density at radius 1 is 1.03 bits per heavy atom. The van der Waals surface area contributed by atoms with Gasteiger partial charge in [0.25, 0.3) is 11.8 Å². The summed E-state index contributed by atoms with van der Waals surface area (Å²) in [5, 5.41) is 7.10. The van der Waals surface area contributed by atoms with Gasteiger partial charge >= 0.3 is 0 Å². The molecule has 3 amide bonds. The van der Waals surface area contributed by atoms with Crippen molar-refractivity contribution < 1.29 is 27.9 Å². The summed E-state index contributed by atoms with van der Waals surface area (Å²) in [6.07, 6.45) is 0.609. The topological polar surface area (TPSA) is 96.5 Å². The fraction of sp³-hybridized carbons (Fsp3) is 0.318. The Kier molecular flexibility index (Phi) is 7.00. The molecule has 1 aliphatic carbocycles. The quantitative estimate of drug-likeness (QED) is 0.450. The van der Waals surface area contributed by atoms with Gasteiger partial charge in [0, 0.05) is 12.3 Å². The summed E-state index contributed by atoms with van der Waals surface area (Å²) in [5.41, 5.74) is -0.918. The standard InChI is InChI=1S/C22H18Cl3F2N3O4/c23-13-4-3-10(28-20(32)12-9-22(12,24)25)8-11(13)19(31)29-15-6-5-14(26)18(17(15)27)30-21(33)16-2-1-7-34-16/h3-6,8,12,16H,1-2,7,9H2,(H,28,32)(H,29,31)(H,30,33). The lowest BCUT2D eigenvalue weighted by Crippen LogP contribution is -2.28. The van der Waals surface area contributed by atoms with Crippen molar-refractivity contribution in [3.63, 3.8) is 0 Å². The molecule has 1 heterocycles. The van der Waals surface area contributed by atoms with Crippen LogP contribution in [-0.2, 0) is 14.3 Å². The third kappa shape index (κ3) is 5.27. The van der Waals surface area contributed by atoms with E-state index in [2.05, 4.69) is 16.0 Å². The minimum Gasteiger partial charge on any atom is -0.368 e. The molecular weight excluding hydrogens is 515 g/mol. The van der Waals surface area contributed by atoms with E-state index < -0.39 is 51.4 Å². The van der Waals surface area contributed by atoms with Crippen LogP contribution in [0, 0.1) is 17.6 Å². The van der Waals surface area contributed by atoms with E-state index in [-0.39, 0.29) is 22.0 Å². The van der Waals surface area contributed by atoms with Crippen LogP contribution in [0.1, 0.15) is 29.6 Å². The molecule has 1 saturated carbocycles. The van der Waals surface area contributed by atoms with E-state index >= 15 is 0 Å². The molecule has 1 aliphatic heterocycles. The molecule has 3 N–H and O–H groups in total. The number of ether oxygens (including phenoxy) is 1. The molecule has 0 bridgehead atoms. The van der Waals surface area contributed by atoms with Crippen molar-refractivity contribution in [3.8, 4) is 0 Å². The highest BCUT2D eigenvalue weighted by Gasteiger charge is 2.56. The van der Waals surface area contributed by atoms with E-state index in [4.69, 9.17) is 39.5 Å². The third-order valence-corrected chi connectivity index (χ3v) is 6.60. The van der Waals surface area contributed by atoms with E-state index in [0.717, 1.165) is 12.1 Å². The number of halogens is 5. The second-order valence-electron chi connectivity index (χ2n) is 7.93. The highest BCUT2D eigenvalue weighted by Crippen LogP contribution is 2.53. The zero-order valence-electron chi connectivity index (χ0n) is 17.4. The van der Waals surface area contributed by atoms with Gasteiger partial charge in [0.15, 0.2) is 5.82 Å². The van der Waals surface area contributed by atoms with Crippen LogP contribution >= 0.6 is 34.8 Å². The van der Waals surface area contributed by atoms with Crippen LogP contribution in [0.15, 0.2) is 30.3 Å². The molecule has 2 aliphatic rings. The minimum atomic E-state index is -1.17. The Labute approximate surface area is 208 Å². The van der Waals surface area contributed by atoms with Crippen molar-refractivity contribution in [2.75, 3.05) is 22.6 Å². The number of hydrogen-bond acceptors (Lipinski definition) is 4. The first-order chi connectivity index (χ1) is 16.1. The summed E-state index contributed by atoms with van der Waals surface area (Å²) < 4.78 is 33.3. The monoisotopic (exact) mass is 531 g/mol. The molecule has 0 radical (unpaired) electrons. The number of carbonyl (C=O) groups excluding carboxylic acids is 3. The first kappa shape index (κ1) is 24.7. The number of rotatable bonds is 6. The molecule has 0 spiro atoms.